The molecular weight excluding hydrogens is 230 g/mol. The van der Waals surface area contributed by atoms with Crippen molar-refractivity contribution >= 4 is 12.6 Å². The van der Waals surface area contributed by atoms with E-state index >= 15 is 0 Å². The molecule has 0 unspecified atom stereocenters. The average Bonchev–Trinajstić information content (AvgIpc) is 2.30. The molecule has 0 saturated carbocycles. The number of methoxy groups -OCH3 is 1. The van der Waals surface area contributed by atoms with Gasteiger partial charge >= 0.3 is 0 Å². The van der Waals surface area contributed by atoms with E-state index in [2.05, 4.69) is 6.58 Å². The maximum absolute atomic E-state index is 10.9. The van der Waals surface area contributed by atoms with Gasteiger partial charge in [-0.3, -0.25) is 4.79 Å². The molecular formula is C14H23NO3. The lowest BCUT2D eigenvalue weighted by Crippen LogP contribution is -2.15. The van der Waals surface area contributed by atoms with Crippen LogP contribution < -0.4 is 0 Å². The Bertz CT molecular complexity index is 328. The second kappa shape index (κ2) is 11.8. The summed E-state index contributed by atoms with van der Waals surface area (Å²) in [5, 5.41) is 0. The fraction of sp³-hybridized carbons (Fsp3) is 0.429. The van der Waals surface area contributed by atoms with Crippen LogP contribution in [0.3, 0.4) is 0 Å². The van der Waals surface area contributed by atoms with Crippen LogP contribution in [0.5, 0.6) is 0 Å². The monoisotopic (exact) mass is 253 g/mol. The highest BCUT2D eigenvalue weighted by Crippen LogP contribution is 2.08. The van der Waals surface area contributed by atoms with E-state index in [4.69, 9.17) is 9.53 Å². The van der Waals surface area contributed by atoms with Crippen LogP contribution in [0.4, 0.5) is 0 Å². The number of likely N-dealkylation sites (N-methyl/N-ethyl adjacent to an activating group) is 1. The molecule has 18 heavy (non-hydrogen) atoms. The number of carbonyl (C=O) groups is 2. The molecule has 0 N–H and O–H groups in total. The van der Waals surface area contributed by atoms with Gasteiger partial charge in [-0.25, -0.2) is 0 Å². The molecule has 0 rings (SSSR count). The summed E-state index contributed by atoms with van der Waals surface area (Å²) in [5.41, 5.74) is 1.65. The summed E-state index contributed by atoms with van der Waals surface area (Å²) >= 11 is 0. The fourth-order valence-corrected chi connectivity index (χ4v) is 1.18. The molecule has 0 bridgehead atoms. The van der Waals surface area contributed by atoms with E-state index in [0.29, 0.717) is 11.3 Å². The van der Waals surface area contributed by atoms with Gasteiger partial charge in [-0.2, -0.15) is 0 Å². The zero-order chi connectivity index (χ0) is 14.6. The second-order valence-electron chi connectivity index (χ2n) is 3.78. The zero-order valence-corrected chi connectivity index (χ0v) is 11.9. The van der Waals surface area contributed by atoms with Crippen molar-refractivity contribution in [1.29, 1.82) is 0 Å². The standard InChI is InChI=1S/C12H19NO2.C2H4O/c1-6-12(15-5)7-11(9-14)10(2)8-13(3)4;1-2-3/h6-7,9H,1,8H2,2-5H3;2H,1H3/b11-10-,12-7+;. The first kappa shape index (κ1) is 18.7. The number of nitrogens with zero attached hydrogens (tertiary/aromatic N) is 1. The topological polar surface area (TPSA) is 46.6 Å². The van der Waals surface area contributed by atoms with Crippen LogP contribution in [0.25, 0.3) is 0 Å². The Labute approximate surface area is 110 Å². The second-order valence-corrected chi connectivity index (χ2v) is 3.78. The number of aldehydes is 2. The largest absolute Gasteiger partial charge is 0.497 e. The highest BCUT2D eigenvalue weighted by atomic mass is 16.5. The van der Waals surface area contributed by atoms with E-state index in [0.717, 1.165) is 24.7 Å². The molecule has 0 aromatic heterocycles. The molecule has 4 nitrogen and oxygen atoms in total. The fourth-order valence-electron chi connectivity index (χ4n) is 1.18. The van der Waals surface area contributed by atoms with E-state index < -0.39 is 0 Å². The average molecular weight is 253 g/mol. The Morgan fingerprint density at radius 2 is 1.83 bits per heavy atom. The number of carbonyl (C=O) groups excluding carboxylic acids is 2. The molecule has 0 heterocycles. The van der Waals surface area contributed by atoms with Crippen LogP contribution in [-0.4, -0.2) is 45.2 Å². The number of rotatable bonds is 6. The Hall–Kier alpha value is -1.68. The highest BCUT2D eigenvalue weighted by molar-refractivity contribution is 5.79. The molecule has 0 spiro atoms. The van der Waals surface area contributed by atoms with Gasteiger partial charge in [0.25, 0.3) is 0 Å². The molecule has 0 aliphatic carbocycles. The molecule has 0 atom stereocenters. The molecule has 0 amide bonds. The van der Waals surface area contributed by atoms with Gasteiger partial charge < -0.3 is 14.4 Å². The Morgan fingerprint density at radius 3 is 2.11 bits per heavy atom. The van der Waals surface area contributed by atoms with Gasteiger partial charge in [0, 0.05) is 12.1 Å². The molecule has 0 saturated heterocycles. The van der Waals surface area contributed by atoms with Gasteiger partial charge in [0.05, 0.1) is 7.11 Å². The summed E-state index contributed by atoms with van der Waals surface area (Å²) in [6.45, 7) is 7.72. The van der Waals surface area contributed by atoms with Crippen molar-refractivity contribution in [2.24, 2.45) is 0 Å². The third-order valence-corrected chi connectivity index (χ3v) is 1.91. The van der Waals surface area contributed by atoms with Crippen molar-refractivity contribution in [3.63, 3.8) is 0 Å². The lowest BCUT2D eigenvalue weighted by atomic mass is 10.1. The van der Waals surface area contributed by atoms with Gasteiger partial charge in [0.2, 0.25) is 0 Å². The van der Waals surface area contributed by atoms with Crippen molar-refractivity contribution < 1.29 is 14.3 Å². The number of ether oxygens (including phenoxy) is 1. The van der Waals surface area contributed by atoms with Crippen LogP contribution in [0.15, 0.2) is 35.6 Å². The number of hydrogen-bond acceptors (Lipinski definition) is 4. The minimum atomic E-state index is 0.593. The predicted molar refractivity (Wildman–Crippen MR) is 74.3 cm³/mol. The van der Waals surface area contributed by atoms with Crippen LogP contribution in [-0.2, 0) is 14.3 Å². The van der Waals surface area contributed by atoms with E-state index in [9.17, 15) is 4.79 Å². The normalized spacial score (nSPS) is 12.0. The van der Waals surface area contributed by atoms with E-state index in [1.54, 1.807) is 19.3 Å². The van der Waals surface area contributed by atoms with Crippen molar-refractivity contribution in [1.82, 2.24) is 4.90 Å². The van der Waals surface area contributed by atoms with Crippen LogP contribution >= 0.6 is 0 Å². The lowest BCUT2D eigenvalue weighted by Gasteiger charge is -2.11. The first-order valence-electron chi connectivity index (χ1n) is 5.54. The Balaban J connectivity index is 0. The predicted octanol–water partition coefficient (Wildman–Crippen LogP) is 1.98. The quantitative estimate of drug-likeness (QED) is 0.314. The molecule has 102 valence electrons. The summed E-state index contributed by atoms with van der Waals surface area (Å²) < 4.78 is 5.02. The van der Waals surface area contributed by atoms with Crippen LogP contribution in [0.2, 0.25) is 0 Å². The van der Waals surface area contributed by atoms with Crippen molar-refractivity contribution in [3.05, 3.63) is 35.6 Å². The van der Waals surface area contributed by atoms with Crippen LogP contribution in [0, 0.1) is 0 Å². The highest BCUT2D eigenvalue weighted by Gasteiger charge is 2.01. The van der Waals surface area contributed by atoms with Crippen molar-refractivity contribution in [3.8, 4) is 0 Å². The summed E-state index contributed by atoms with van der Waals surface area (Å²) in [5.74, 6) is 0.593. The molecule has 0 aromatic carbocycles. The van der Waals surface area contributed by atoms with Gasteiger partial charge in [-0.1, -0.05) is 6.58 Å². The summed E-state index contributed by atoms with van der Waals surface area (Å²) in [7, 11) is 5.47. The minimum Gasteiger partial charge on any atom is -0.497 e. The third kappa shape index (κ3) is 9.54. The van der Waals surface area contributed by atoms with Crippen molar-refractivity contribution in [2.75, 3.05) is 27.7 Å². The minimum absolute atomic E-state index is 0.593. The summed E-state index contributed by atoms with van der Waals surface area (Å²) in [6, 6.07) is 0. The first-order chi connectivity index (χ1) is 8.46. The molecule has 4 heteroatoms. The summed E-state index contributed by atoms with van der Waals surface area (Å²) in [4.78, 5) is 21.7. The van der Waals surface area contributed by atoms with Gasteiger partial charge in [-0.05, 0) is 45.7 Å². The molecule has 0 aliphatic rings. The molecule has 0 aromatic rings. The first-order valence-corrected chi connectivity index (χ1v) is 5.54. The Kier molecular flexibility index (Phi) is 12.2. The van der Waals surface area contributed by atoms with E-state index in [-0.39, 0.29) is 0 Å². The van der Waals surface area contributed by atoms with E-state index in [1.165, 1.54) is 6.92 Å². The Morgan fingerprint density at radius 1 is 1.33 bits per heavy atom. The molecule has 0 radical (unpaired) electrons. The van der Waals surface area contributed by atoms with Gasteiger partial charge in [0.15, 0.2) is 0 Å². The number of allylic oxidation sites excluding steroid dienone is 3. The van der Waals surface area contributed by atoms with Crippen molar-refractivity contribution in [2.45, 2.75) is 13.8 Å². The maximum atomic E-state index is 10.9. The number of hydrogen-bond donors (Lipinski definition) is 0. The molecule has 0 fully saturated rings. The SMILES string of the molecule is C=C/C(=C\C(C=O)=C(/C)CN(C)C)OC.CC=O. The van der Waals surface area contributed by atoms with Gasteiger partial charge in [-0.15, -0.1) is 0 Å². The van der Waals surface area contributed by atoms with E-state index in [1.807, 2.05) is 25.9 Å². The molecule has 0 aliphatic heterocycles. The van der Waals surface area contributed by atoms with Gasteiger partial charge in [0.1, 0.15) is 18.3 Å². The lowest BCUT2D eigenvalue weighted by molar-refractivity contribution is -0.106. The maximum Gasteiger partial charge on any atom is 0.150 e. The zero-order valence-electron chi connectivity index (χ0n) is 11.9. The van der Waals surface area contributed by atoms with Crippen LogP contribution in [0.1, 0.15) is 13.8 Å². The summed E-state index contributed by atoms with van der Waals surface area (Å²) in [6.07, 6.45) is 4.85. The smallest absolute Gasteiger partial charge is 0.150 e. The third-order valence-electron chi connectivity index (χ3n) is 1.91.